The summed E-state index contributed by atoms with van der Waals surface area (Å²) in [6.07, 6.45) is 3.53. The van der Waals surface area contributed by atoms with Gasteiger partial charge < -0.3 is 4.57 Å². The molecule has 2 aromatic heterocycles. The minimum atomic E-state index is -0.385. The monoisotopic (exact) mass is 449 g/mol. The van der Waals surface area contributed by atoms with Gasteiger partial charge in [0.15, 0.2) is 11.2 Å². The number of imidazole rings is 1. The van der Waals surface area contributed by atoms with Crippen molar-refractivity contribution in [3.63, 3.8) is 0 Å². The van der Waals surface area contributed by atoms with Crippen LogP contribution in [-0.4, -0.2) is 36.2 Å². The molecule has 0 N–H and O–H groups in total. The zero-order valence-corrected chi connectivity index (χ0v) is 18.9. The summed E-state index contributed by atoms with van der Waals surface area (Å²) in [6.45, 7) is 4.25. The first-order valence-corrected chi connectivity index (χ1v) is 10.9. The zero-order valence-electron chi connectivity index (χ0n) is 17.4. The molecule has 160 valence electrons. The third-order valence-electron chi connectivity index (χ3n) is 6.04. The SMILES string of the molecule is CC1CCCCN1Cc1nc2c(c(=O)n(C)c(=O)n2C)n1Cc1ccc(Cl)c(Cl)c1. The Balaban J connectivity index is 1.88. The van der Waals surface area contributed by atoms with E-state index in [9.17, 15) is 9.59 Å². The lowest BCUT2D eigenvalue weighted by Gasteiger charge is -2.33. The molecule has 4 rings (SSSR count). The Morgan fingerprint density at radius 1 is 1.07 bits per heavy atom. The minimum Gasteiger partial charge on any atom is -0.317 e. The number of aryl methyl sites for hydroxylation is 1. The summed E-state index contributed by atoms with van der Waals surface area (Å²) in [4.78, 5) is 32.6. The lowest BCUT2D eigenvalue weighted by atomic mass is 10.0. The molecule has 3 heterocycles. The van der Waals surface area contributed by atoms with Crippen LogP contribution in [-0.2, 0) is 27.2 Å². The van der Waals surface area contributed by atoms with Gasteiger partial charge in [0, 0.05) is 26.7 Å². The molecular formula is C21H25Cl2N5O2. The van der Waals surface area contributed by atoms with E-state index in [1.165, 1.54) is 18.0 Å². The number of nitrogens with zero attached hydrogens (tertiary/aromatic N) is 5. The van der Waals surface area contributed by atoms with Crippen LogP contribution in [0.25, 0.3) is 11.2 Å². The van der Waals surface area contributed by atoms with Crippen LogP contribution in [0.3, 0.4) is 0 Å². The van der Waals surface area contributed by atoms with Gasteiger partial charge in [-0.25, -0.2) is 9.78 Å². The fourth-order valence-electron chi connectivity index (χ4n) is 4.18. The molecule has 0 amide bonds. The van der Waals surface area contributed by atoms with E-state index in [1.54, 1.807) is 19.2 Å². The van der Waals surface area contributed by atoms with E-state index in [-0.39, 0.29) is 11.2 Å². The van der Waals surface area contributed by atoms with Crippen LogP contribution in [0.15, 0.2) is 27.8 Å². The van der Waals surface area contributed by atoms with Gasteiger partial charge in [-0.15, -0.1) is 0 Å². The van der Waals surface area contributed by atoms with Crippen molar-refractivity contribution in [2.24, 2.45) is 14.1 Å². The molecule has 9 heteroatoms. The quantitative estimate of drug-likeness (QED) is 0.613. The van der Waals surface area contributed by atoms with E-state index in [0.717, 1.165) is 35.3 Å². The standard InChI is InChI=1S/C21H25Cl2N5O2/c1-13-6-4-5-9-27(13)12-17-24-19-18(20(29)26(3)21(30)25(19)2)28(17)11-14-7-8-15(22)16(23)10-14/h7-8,10,13H,4-6,9,11-12H2,1-3H3. The Kier molecular flexibility index (Phi) is 5.79. The summed E-state index contributed by atoms with van der Waals surface area (Å²) in [6, 6.07) is 5.89. The smallest absolute Gasteiger partial charge is 0.317 e. The summed E-state index contributed by atoms with van der Waals surface area (Å²) in [5.74, 6) is 0.767. The molecular weight excluding hydrogens is 425 g/mol. The summed E-state index contributed by atoms with van der Waals surface area (Å²) in [5.41, 5.74) is 1.00. The van der Waals surface area contributed by atoms with Crippen LogP contribution < -0.4 is 11.2 Å². The van der Waals surface area contributed by atoms with Crippen LogP contribution in [0.1, 0.15) is 37.6 Å². The van der Waals surface area contributed by atoms with Gasteiger partial charge in [-0.3, -0.25) is 18.8 Å². The van der Waals surface area contributed by atoms with Crippen LogP contribution >= 0.6 is 23.2 Å². The first kappa shape index (κ1) is 21.2. The predicted molar refractivity (Wildman–Crippen MR) is 120 cm³/mol. The van der Waals surface area contributed by atoms with Crippen molar-refractivity contribution in [3.05, 3.63) is 60.5 Å². The molecule has 0 spiro atoms. The van der Waals surface area contributed by atoms with Gasteiger partial charge in [0.05, 0.1) is 16.6 Å². The third kappa shape index (κ3) is 3.70. The van der Waals surface area contributed by atoms with Gasteiger partial charge in [-0.2, -0.15) is 0 Å². The first-order chi connectivity index (χ1) is 14.3. The minimum absolute atomic E-state index is 0.349. The third-order valence-corrected chi connectivity index (χ3v) is 6.78. The van der Waals surface area contributed by atoms with Crippen molar-refractivity contribution in [1.29, 1.82) is 0 Å². The molecule has 3 aromatic rings. The second-order valence-corrected chi connectivity index (χ2v) is 8.87. The van der Waals surface area contributed by atoms with Crippen molar-refractivity contribution in [3.8, 4) is 0 Å². The van der Waals surface area contributed by atoms with Crippen molar-refractivity contribution < 1.29 is 0 Å². The normalized spacial score (nSPS) is 17.7. The Labute approximate surface area is 184 Å². The molecule has 0 radical (unpaired) electrons. The lowest BCUT2D eigenvalue weighted by molar-refractivity contribution is 0.147. The lowest BCUT2D eigenvalue weighted by Crippen LogP contribution is -2.38. The maximum Gasteiger partial charge on any atom is 0.332 e. The first-order valence-electron chi connectivity index (χ1n) is 10.1. The fourth-order valence-corrected chi connectivity index (χ4v) is 4.50. The number of halogens is 2. The van der Waals surface area contributed by atoms with Crippen LogP contribution in [0, 0.1) is 0 Å². The zero-order chi connectivity index (χ0) is 21.6. The van der Waals surface area contributed by atoms with Crippen LogP contribution in [0.5, 0.6) is 0 Å². The molecule has 1 fully saturated rings. The second kappa shape index (κ2) is 8.21. The maximum absolute atomic E-state index is 13.0. The highest BCUT2D eigenvalue weighted by Crippen LogP contribution is 2.25. The summed E-state index contributed by atoms with van der Waals surface area (Å²) in [5, 5.41) is 0.946. The molecule has 30 heavy (non-hydrogen) atoms. The number of aromatic nitrogens is 4. The number of hydrogen-bond acceptors (Lipinski definition) is 4. The molecule has 1 unspecified atom stereocenters. The fraction of sp³-hybridized carbons (Fsp3) is 0.476. The molecule has 0 saturated carbocycles. The highest BCUT2D eigenvalue weighted by molar-refractivity contribution is 6.42. The number of fused-ring (bicyclic) bond motifs is 1. The van der Waals surface area contributed by atoms with Crippen molar-refractivity contribution in [2.75, 3.05) is 6.54 Å². The Morgan fingerprint density at radius 3 is 2.53 bits per heavy atom. The summed E-state index contributed by atoms with van der Waals surface area (Å²) < 4.78 is 4.48. The average Bonchev–Trinajstić information content (AvgIpc) is 3.07. The van der Waals surface area contributed by atoms with E-state index >= 15 is 0 Å². The van der Waals surface area contributed by atoms with E-state index in [0.29, 0.717) is 40.3 Å². The Bertz CT molecular complexity index is 1230. The number of rotatable bonds is 4. The van der Waals surface area contributed by atoms with Crippen LogP contribution in [0.2, 0.25) is 10.0 Å². The molecule has 1 atom stereocenters. The van der Waals surface area contributed by atoms with Crippen molar-refractivity contribution in [1.82, 2.24) is 23.6 Å². The van der Waals surface area contributed by atoms with Gasteiger partial charge in [0.25, 0.3) is 5.56 Å². The van der Waals surface area contributed by atoms with Gasteiger partial charge in [0.2, 0.25) is 0 Å². The maximum atomic E-state index is 13.0. The molecule has 1 aromatic carbocycles. The summed E-state index contributed by atoms with van der Waals surface area (Å²) >= 11 is 12.3. The van der Waals surface area contributed by atoms with Crippen molar-refractivity contribution in [2.45, 2.75) is 45.3 Å². The molecule has 7 nitrogen and oxygen atoms in total. The highest BCUT2D eigenvalue weighted by Gasteiger charge is 2.24. The number of benzene rings is 1. The van der Waals surface area contributed by atoms with Gasteiger partial charge in [-0.1, -0.05) is 35.7 Å². The topological polar surface area (TPSA) is 65.1 Å². The predicted octanol–water partition coefficient (Wildman–Crippen LogP) is 3.16. The van der Waals surface area contributed by atoms with E-state index < -0.39 is 0 Å². The molecule has 1 aliphatic heterocycles. The van der Waals surface area contributed by atoms with E-state index in [4.69, 9.17) is 28.2 Å². The average molecular weight is 450 g/mol. The number of piperidine rings is 1. The van der Waals surface area contributed by atoms with Crippen LogP contribution in [0.4, 0.5) is 0 Å². The Hall–Kier alpha value is -2.09. The highest BCUT2D eigenvalue weighted by atomic mass is 35.5. The second-order valence-electron chi connectivity index (χ2n) is 8.06. The largest absolute Gasteiger partial charge is 0.332 e. The Morgan fingerprint density at radius 2 is 1.83 bits per heavy atom. The number of hydrogen-bond donors (Lipinski definition) is 0. The summed E-state index contributed by atoms with van der Waals surface area (Å²) in [7, 11) is 3.14. The van der Waals surface area contributed by atoms with E-state index in [2.05, 4.69) is 11.8 Å². The molecule has 1 saturated heterocycles. The van der Waals surface area contributed by atoms with E-state index in [1.807, 2.05) is 10.6 Å². The van der Waals surface area contributed by atoms with Gasteiger partial charge in [-0.05, 0) is 44.0 Å². The van der Waals surface area contributed by atoms with Gasteiger partial charge >= 0.3 is 5.69 Å². The van der Waals surface area contributed by atoms with Gasteiger partial charge in [0.1, 0.15) is 5.82 Å². The molecule has 0 bridgehead atoms. The van der Waals surface area contributed by atoms with Crippen molar-refractivity contribution >= 4 is 34.4 Å². The molecule has 0 aliphatic carbocycles. The molecule has 1 aliphatic rings. The number of likely N-dealkylation sites (tertiary alicyclic amines) is 1.